The standard InChI is InChI=1S/C15H17N3/c16-15-17-14(13-9-5-2-6-10-13)18(15)11-12-7-3-1-4-8-12/h1-10,14-15,17H,11,16H2/t14-,15?/m0/s1. The summed E-state index contributed by atoms with van der Waals surface area (Å²) in [5, 5.41) is 3.33. The number of benzene rings is 2. The molecule has 1 unspecified atom stereocenters. The van der Waals surface area contributed by atoms with Crippen molar-refractivity contribution in [3.05, 3.63) is 71.8 Å². The Morgan fingerprint density at radius 2 is 1.56 bits per heavy atom. The maximum absolute atomic E-state index is 6.01. The third-order valence-corrected chi connectivity index (χ3v) is 3.34. The fraction of sp³-hybridized carbons (Fsp3) is 0.200. The van der Waals surface area contributed by atoms with Crippen LogP contribution in [0.4, 0.5) is 0 Å². The van der Waals surface area contributed by atoms with Crippen LogP contribution in [0.25, 0.3) is 0 Å². The molecule has 0 aromatic heterocycles. The summed E-state index contributed by atoms with van der Waals surface area (Å²) in [7, 11) is 0. The van der Waals surface area contributed by atoms with Gasteiger partial charge in [0.25, 0.3) is 0 Å². The minimum absolute atomic E-state index is 0.0598. The van der Waals surface area contributed by atoms with Gasteiger partial charge in [0.05, 0.1) is 6.17 Å². The van der Waals surface area contributed by atoms with Crippen molar-refractivity contribution in [3.63, 3.8) is 0 Å². The number of hydrogen-bond acceptors (Lipinski definition) is 3. The zero-order valence-corrected chi connectivity index (χ0v) is 10.2. The van der Waals surface area contributed by atoms with E-state index in [0.29, 0.717) is 0 Å². The summed E-state index contributed by atoms with van der Waals surface area (Å²) >= 11 is 0. The van der Waals surface area contributed by atoms with Crippen LogP contribution in [0.15, 0.2) is 60.7 Å². The highest BCUT2D eigenvalue weighted by Gasteiger charge is 2.35. The molecule has 1 fully saturated rings. The molecule has 0 saturated carbocycles. The van der Waals surface area contributed by atoms with Crippen LogP contribution in [0.2, 0.25) is 0 Å². The molecular formula is C15H17N3. The van der Waals surface area contributed by atoms with Crippen LogP contribution in [0, 0.1) is 0 Å². The lowest BCUT2D eigenvalue weighted by molar-refractivity contribution is -0.0339. The molecule has 3 N–H and O–H groups in total. The second kappa shape index (κ2) is 4.90. The van der Waals surface area contributed by atoms with Crippen molar-refractivity contribution in [1.29, 1.82) is 0 Å². The van der Waals surface area contributed by atoms with Crippen LogP contribution >= 0.6 is 0 Å². The van der Waals surface area contributed by atoms with E-state index in [1.165, 1.54) is 11.1 Å². The van der Waals surface area contributed by atoms with Gasteiger partial charge in [-0.25, -0.2) is 0 Å². The lowest BCUT2D eigenvalue weighted by Crippen LogP contribution is -2.67. The minimum atomic E-state index is -0.0598. The minimum Gasteiger partial charge on any atom is -0.303 e. The molecule has 2 atom stereocenters. The van der Waals surface area contributed by atoms with Crippen molar-refractivity contribution in [1.82, 2.24) is 10.2 Å². The van der Waals surface area contributed by atoms with Gasteiger partial charge in [-0.1, -0.05) is 60.7 Å². The normalized spacial score (nSPS) is 23.6. The topological polar surface area (TPSA) is 41.3 Å². The Kier molecular flexibility index (Phi) is 3.11. The molecule has 0 radical (unpaired) electrons. The summed E-state index contributed by atoms with van der Waals surface area (Å²) in [4.78, 5) is 2.25. The van der Waals surface area contributed by atoms with E-state index in [-0.39, 0.29) is 12.5 Å². The number of nitrogens with zero attached hydrogens (tertiary/aromatic N) is 1. The first-order valence-electron chi connectivity index (χ1n) is 6.21. The molecule has 1 saturated heterocycles. The first kappa shape index (κ1) is 11.4. The van der Waals surface area contributed by atoms with Crippen LogP contribution in [0.5, 0.6) is 0 Å². The summed E-state index contributed by atoms with van der Waals surface area (Å²) < 4.78 is 0. The largest absolute Gasteiger partial charge is 0.303 e. The average Bonchev–Trinajstić information content (AvgIpc) is 2.44. The fourth-order valence-electron chi connectivity index (χ4n) is 2.34. The third kappa shape index (κ3) is 2.16. The van der Waals surface area contributed by atoms with E-state index in [1.807, 2.05) is 12.1 Å². The molecule has 18 heavy (non-hydrogen) atoms. The van der Waals surface area contributed by atoms with Gasteiger partial charge in [0.1, 0.15) is 6.29 Å². The Morgan fingerprint density at radius 3 is 2.17 bits per heavy atom. The Bertz CT molecular complexity index is 498. The molecule has 1 aliphatic heterocycles. The average molecular weight is 239 g/mol. The number of rotatable bonds is 3. The molecule has 92 valence electrons. The quantitative estimate of drug-likeness (QED) is 0.861. The molecule has 1 heterocycles. The summed E-state index contributed by atoms with van der Waals surface area (Å²) in [6.07, 6.45) is 0.164. The highest BCUT2D eigenvalue weighted by Crippen LogP contribution is 2.28. The van der Waals surface area contributed by atoms with Crippen molar-refractivity contribution < 1.29 is 0 Å². The van der Waals surface area contributed by atoms with Crippen molar-refractivity contribution >= 4 is 0 Å². The number of nitrogens with two attached hydrogens (primary N) is 1. The van der Waals surface area contributed by atoms with Crippen LogP contribution in [0.1, 0.15) is 17.3 Å². The van der Waals surface area contributed by atoms with Crippen LogP contribution in [-0.4, -0.2) is 11.2 Å². The van der Waals surface area contributed by atoms with E-state index < -0.39 is 0 Å². The van der Waals surface area contributed by atoms with Gasteiger partial charge in [0.15, 0.2) is 0 Å². The smallest absolute Gasteiger partial charge is 0.115 e. The Hall–Kier alpha value is -1.68. The number of hydrogen-bond donors (Lipinski definition) is 2. The van der Waals surface area contributed by atoms with Crippen molar-refractivity contribution in [2.45, 2.75) is 19.0 Å². The summed E-state index contributed by atoms with van der Waals surface area (Å²) in [5.74, 6) is 0. The molecule has 2 aromatic carbocycles. The highest BCUT2D eigenvalue weighted by atomic mass is 15.5. The van der Waals surface area contributed by atoms with E-state index in [0.717, 1.165) is 6.54 Å². The fourth-order valence-corrected chi connectivity index (χ4v) is 2.34. The van der Waals surface area contributed by atoms with Gasteiger partial charge in [0.2, 0.25) is 0 Å². The van der Waals surface area contributed by atoms with Crippen molar-refractivity contribution in [3.8, 4) is 0 Å². The van der Waals surface area contributed by atoms with Crippen LogP contribution in [0.3, 0.4) is 0 Å². The molecule has 3 heteroatoms. The van der Waals surface area contributed by atoms with E-state index in [2.05, 4.69) is 58.7 Å². The van der Waals surface area contributed by atoms with Gasteiger partial charge < -0.3 is 5.73 Å². The molecule has 3 rings (SSSR count). The SMILES string of the molecule is NC1N[C@H](c2ccccc2)N1Cc1ccccc1. The molecular weight excluding hydrogens is 222 g/mol. The maximum atomic E-state index is 6.01. The number of nitrogens with one attached hydrogen (secondary N) is 1. The molecule has 3 nitrogen and oxygen atoms in total. The van der Waals surface area contributed by atoms with Crippen molar-refractivity contribution in [2.24, 2.45) is 5.73 Å². The Labute approximate surface area is 107 Å². The van der Waals surface area contributed by atoms with E-state index >= 15 is 0 Å². The van der Waals surface area contributed by atoms with Gasteiger partial charge in [0, 0.05) is 6.54 Å². The zero-order chi connectivity index (χ0) is 12.4. The molecule has 0 aliphatic carbocycles. The molecule has 2 aromatic rings. The summed E-state index contributed by atoms with van der Waals surface area (Å²) in [6, 6.07) is 20.8. The lowest BCUT2D eigenvalue weighted by atomic mass is 10.1. The van der Waals surface area contributed by atoms with Gasteiger partial charge in [-0.05, 0) is 11.1 Å². The predicted octanol–water partition coefficient (Wildman–Crippen LogP) is 2.03. The Balaban J connectivity index is 1.75. The lowest BCUT2D eigenvalue weighted by Gasteiger charge is -2.48. The van der Waals surface area contributed by atoms with Gasteiger partial charge in [-0.2, -0.15) is 0 Å². The summed E-state index contributed by atoms with van der Waals surface area (Å²) in [5.41, 5.74) is 8.56. The monoisotopic (exact) mass is 239 g/mol. The van der Waals surface area contributed by atoms with Crippen molar-refractivity contribution in [2.75, 3.05) is 0 Å². The Morgan fingerprint density at radius 1 is 0.944 bits per heavy atom. The third-order valence-electron chi connectivity index (χ3n) is 3.34. The van der Waals surface area contributed by atoms with Crippen LogP contribution in [-0.2, 0) is 6.54 Å². The summed E-state index contributed by atoms with van der Waals surface area (Å²) in [6.45, 7) is 0.870. The zero-order valence-electron chi connectivity index (χ0n) is 10.2. The van der Waals surface area contributed by atoms with E-state index in [4.69, 9.17) is 5.73 Å². The first-order valence-corrected chi connectivity index (χ1v) is 6.21. The van der Waals surface area contributed by atoms with E-state index in [9.17, 15) is 0 Å². The second-order valence-corrected chi connectivity index (χ2v) is 4.58. The molecule has 1 aliphatic rings. The van der Waals surface area contributed by atoms with Gasteiger partial charge in [-0.15, -0.1) is 0 Å². The van der Waals surface area contributed by atoms with Gasteiger partial charge in [-0.3, -0.25) is 10.2 Å². The highest BCUT2D eigenvalue weighted by molar-refractivity contribution is 5.22. The molecule has 0 spiro atoms. The molecule has 0 amide bonds. The van der Waals surface area contributed by atoms with Gasteiger partial charge >= 0.3 is 0 Å². The maximum Gasteiger partial charge on any atom is 0.115 e. The molecule has 0 bridgehead atoms. The van der Waals surface area contributed by atoms with E-state index in [1.54, 1.807) is 0 Å². The second-order valence-electron chi connectivity index (χ2n) is 4.58. The first-order chi connectivity index (χ1) is 8.84. The predicted molar refractivity (Wildman–Crippen MR) is 72.3 cm³/mol. The van der Waals surface area contributed by atoms with Crippen LogP contribution < -0.4 is 11.1 Å².